The molecule has 0 aliphatic heterocycles. The van der Waals surface area contributed by atoms with Crippen molar-refractivity contribution in [3.05, 3.63) is 89.3 Å². The maximum absolute atomic E-state index is 12.6. The van der Waals surface area contributed by atoms with Crippen molar-refractivity contribution >= 4 is 44.1 Å². The summed E-state index contributed by atoms with van der Waals surface area (Å²) in [5.41, 5.74) is 4.09. The number of hydrogen-bond donors (Lipinski definition) is 2. The van der Waals surface area contributed by atoms with E-state index in [2.05, 4.69) is 38.4 Å². The van der Waals surface area contributed by atoms with Gasteiger partial charge in [0.15, 0.2) is 0 Å². The fraction of sp³-hybridized carbons (Fsp3) is 0.125. The zero-order valence-corrected chi connectivity index (χ0v) is 17.8. The molecule has 0 aliphatic carbocycles. The van der Waals surface area contributed by atoms with Crippen LogP contribution in [0.1, 0.15) is 21.1 Å². The number of rotatable bonds is 6. The fourth-order valence-corrected chi connectivity index (χ4v) is 4.53. The Balaban J connectivity index is 1.28. The van der Waals surface area contributed by atoms with Crippen molar-refractivity contribution in [1.82, 2.24) is 19.9 Å². The second-order valence-electron chi connectivity index (χ2n) is 7.34. The summed E-state index contributed by atoms with van der Waals surface area (Å²) in [6.07, 6.45) is 3.48. The minimum absolute atomic E-state index is 0.0701. The van der Waals surface area contributed by atoms with Gasteiger partial charge < -0.3 is 15.2 Å². The molecule has 7 heteroatoms. The molecule has 3 aromatic heterocycles. The maximum Gasteiger partial charge on any atom is 0.261 e. The van der Waals surface area contributed by atoms with E-state index < -0.39 is 0 Å². The molecule has 2 N–H and O–H groups in total. The highest BCUT2D eigenvalue weighted by Crippen LogP contribution is 2.28. The number of nitrogens with zero attached hydrogens (tertiary/aromatic N) is 3. The second kappa shape index (κ2) is 8.20. The van der Waals surface area contributed by atoms with Crippen LogP contribution in [0.2, 0.25) is 0 Å². The third-order valence-corrected chi connectivity index (χ3v) is 6.36. The van der Waals surface area contributed by atoms with Crippen molar-refractivity contribution < 1.29 is 4.79 Å². The molecule has 5 aromatic rings. The number of carbonyl (C=O) groups is 1. The highest BCUT2D eigenvalue weighted by Gasteiger charge is 2.11. The van der Waals surface area contributed by atoms with Crippen molar-refractivity contribution in [2.45, 2.75) is 13.1 Å². The van der Waals surface area contributed by atoms with Crippen LogP contribution in [0.5, 0.6) is 0 Å². The molecule has 0 saturated carbocycles. The van der Waals surface area contributed by atoms with Gasteiger partial charge in [-0.15, -0.1) is 11.3 Å². The van der Waals surface area contributed by atoms with Gasteiger partial charge in [0.2, 0.25) is 0 Å². The first-order chi connectivity index (χ1) is 15.2. The molecule has 0 bridgehead atoms. The molecule has 31 heavy (non-hydrogen) atoms. The molecule has 1 amide bonds. The molecule has 0 spiro atoms. The van der Waals surface area contributed by atoms with Crippen molar-refractivity contribution in [3.63, 3.8) is 0 Å². The first-order valence-electron chi connectivity index (χ1n) is 10.0. The number of anilines is 1. The van der Waals surface area contributed by atoms with Crippen LogP contribution < -0.4 is 10.6 Å². The van der Waals surface area contributed by atoms with E-state index in [1.165, 1.54) is 11.3 Å². The van der Waals surface area contributed by atoms with Gasteiger partial charge in [0.1, 0.15) is 5.82 Å². The largest absolute Gasteiger partial charge is 0.378 e. The van der Waals surface area contributed by atoms with Gasteiger partial charge >= 0.3 is 0 Å². The Labute approximate surface area is 183 Å². The molecule has 6 nitrogen and oxygen atoms in total. The smallest absolute Gasteiger partial charge is 0.261 e. The number of benzene rings is 2. The Bertz CT molecular complexity index is 1370. The predicted molar refractivity (Wildman–Crippen MR) is 125 cm³/mol. The third-order valence-electron chi connectivity index (χ3n) is 5.25. The van der Waals surface area contributed by atoms with Gasteiger partial charge in [-0.25, -0.2) is 4.98 Å². The summed E-state index contributed by atoms with van der Waals surface area (Å²) in [5, 5.41) is 7.46. The minimum Gasteiger partial charge on any atom is -0.378 e. The summed E-state index contributed by atoms with van der Waals surface area (Å²) in [6, 6.07) is 20.0. The molecule has 2 aromatic carbocycles. The van der Waals surface area contributed by atoms with Gasteiger partial charge in [0.25, 0.3) is 5.91 Å². The van der Waals surface area contributed by atoms with E-state index >= 15 is 0 Å². The average molecular weight is 428 g/mol. The molecular formula is C24H21N5OS. The number of nitrogens with one attached hydrogen (secondary N) is 2. The maximum atomic E-state index is 12.6. The molecule has 0 unspecified atom stereocenters. The monoisotopic (exact) mass is 427 g/mol. The van der Waals surface area contributed by atoms with Gasteiger partial charge in [-0.3, -0.25) is 9.78 Å². The Hall–Kier alpha value is -3.71. The third kappa shape index (κ3) is 4.00. The van der Waals surface area contributed by atoms with Gasteiger partial charge in [-0.2, -0.15) is 0 Å². The molecule has 0 atom stereocenters. The lowest BCUT2D eigenvalue weighted by Gasteiger charge is -2.07. The summed E-state index contributed by atoms with van der Waals surface area (Å²) in [4.78, 5) is 22.0. The molecule has 0 radical (unpaired) electrons. The number of pyridine rings is 1. The molecule has 3 heterocycles. The number of carbonyl (C=O) groups excluding carboxylic acids is 1. The minimum atomic E-state index is -0.0701. The van der Waals surface area contributed by atoms with Crippen LogP contribution in [-0.4, -0.2) is 20.4 Å². The Morgan fingerprint density at radius 3 is 2.81 bits per heavy atom. The molecular weight excluding hydrogens is 406 g/mol. The van der Waals surface area contributed by atoms with Gasteiger partial charge in [-0.05, 0) is 53.4 Å². The molecule has 154 valence electrons. The Morgan fingerprint density at radius 2 is 1.97 bits per heavy atom. The molecule has 5 rings (SSSR count). The van der Waals surface area contributed by atoms with E-state index in [1.807, 2.05) is 49.5 Å². The SMILES string of the molecule is Cn1c(CNc2ccc3sc(C(=O)NCc4cccnc4)cc3c2)nc2ccccc21. The molecule has 0 fully saturated rings. The topological polar surface area (TPSA) is 71.8 Å². The lowest BCUT2D eigenvalue weighted by Crippen LogP contribution is -2.21. The van der Waals surface area contributed by atoms with Crippen LogP contribution in [-0.2, 0) is 20.1 Å². The van der Waals surface area contributed by atoms with Crippen LogP contribution in [0.15, 0.2) is 73.1 Å². The second-order valence-corrected chi connectivity index (χ2v) is 8.42. The number of aromatic nitrogens is 3. The van der Waals surface area contributed by atoms with Crippen LogP contribution in [0.3, 0.4) is 0 Å². The standard InChI is InChI=1S/C24H21N5OS/c1-29-20-7-3-2-6-19(20)28-23(29)15-26-18-8-9-21-17(11-18)12-22(31-21)24(30)27-14-16-5-4-10-25-13-16/h2-13,26H,14-15H2,1H3,(H,27,30). The van der Waals surface area contributed by atoms with E-state index in [0.717, 1.165) is 38.2 Å². The lowest BCUT2D eigenvalue weighted by molar-refractivity contribution is 0.0955. The van der Waals surface area contributed by atoms with Gasteiger partial charge in [0.05, 0.1) is 22.5 Å². The van der Waals surface area contributed by atoms with Crippen LogP contribution in [0, 0.1) is 0 Å². The molecule has 0 aliphatic rings. The summed E-state index contributed by atoms with van der Waals surface area (Å²) in [7, 11) is 2.03. The first-order valence-corrected chi connectivity index (χ1v) is 10.8. The first kappa shape index (κ1) is 19.3. The van der Waals surface area contributed by atoms with E-state index in [1.54, 1.807) is 12.4 Å². The number of thiophene rings is 1. The number of hydrogen-bond acceptors (Lipinski definition) is 5. The lowest BCUT2D eigenvalue weighted by atomic mass is 10.2. The highest BCUT2D eigenvalue weighted by atomic mass is 32.1. The van der Waals surface area contributed by atoms with Crippen LogP contribution in [0.4, 0.5) is 5.69 Å². The zero-order valence-electron chi connectivity index (χ0n) is 17.0. The van der Waals surface area contributed by atoms with Crippen molar-refractivity contribution in [2.24, 2.45) is 7.05 Å². The van der Waals surface area contributed by atoms with E-state index in [-0.39, 0.29) is 5.91 Å². The van der Waals surface area contributed by atoms with E-state index in [0.29, 0.717) is 18.0 Å². The fourth-order valence-electron chi connectivity index (χ4n) is 3.57. The van der Waals surface area contributed by atoms with Gasteiger partial charge in [-0.1, -0.05) is 18.2 Å². The molecule has 0 saturated heterocycles. The predicted octanol–water partition coefficient (Wildman–Crippen LogP) is 4.73. The number of aryl methyl sites for hydroxylation is 1. The normalized spacial score (nSPS) is 11.1. The summed E-state index contributed by atoms with van der Waals surface area (Å²) in [5.74, 6) is 0.904. The summed E-state index contributed by atoms with van der Waals surface area (Å²) >= 11 is 1.50. The Morgan fingerprint density at radius 1 is 1.06 bits per heavy atom. The number of fused-ring (bicyclic) bond motifs is 2. The summed E-state index contributed by atoms with van der Waals surface area (Å²) < 4.78 is 3.19. The number of imidazole rings is 1. The van der Waals surface area contributed by atoms with E-state index in [4.69, 9.17) is 4.98 Å². The van der Waals surface area contributed by atoms with Crippen molar-refractivity contribution in [2.75, 3.05) is 5.32 Å². The van der Waals surface area contributed by atoms with Crippen molar-refractivity contribution in [3.8, 4) is 0 Å². The average Bonchev–Trinajstić information content (AvgIpc) is 3.37. The Kier molecular flexibility index (Phi) is 5.09. The quantitative estimate of drug-likeness (QED) is 0.411. The van der Waals surface area contributed by atoms with Gasteiger partial charge in [0, 0.05) is 36.4 Å². The number of para-hydroxylation sites is 2. The van der Waals surface area contributed by atoms with Crippen molar-refractivity contribution in [1.29, 1.82) is 0 Å². The highest BCUT2D eigenvalue weighted by molar-refractivity contribution is 7.20. The summed E-state index contributed by atoms with van der Waals surface area (Å²) in [6.45, 7) is 1.09. The van der Waals surface area contributed by atoms with Crippen LogP contribution in [0.25, 0.3) is 21.1 Å². The number of amides is 1. The zero-order chi connectivity index (χ0) is 21.2. The van der Waals surface area contributed by atoms with Crippen LogP contribution >= 0.6 is 11.3 Å². The van der Waals surface area contributed by atoms with E-state index in [9.17, 15) is 4.79 Å².